The van der Waals surface area contributed by atoms with E-state index in [-0.39, 0.29) is 11.6 Å². The van der Waals surface area contributed by atoms with Crippen LogP contribution in [0.15, 0.2) is 35.5 Å². The zero-order valence-electron chi connectivity index (χ0n) is 15.3. The number of hydrogen-bond donors (Lipinski definition) is 0. The van der Waals surface area contributed by atoms with Crippen LogP contribution in [0.25, 0.3) is 11.4 Å². The molecule has 5 nitrogen and oxygen atoms in total. The summed E-state index contributed by atoms with van der Waals surface area (Å²) in [5.74, 6) is 0.725. The highest BCUT2D eigenvalue weighted by Gasteiger charge is 2.17. The number of nitrogens with zero attached hydrogens (tertiary/aromatic N) is 4. The third kappa shape index (κ3) is 3.44. The van der Waals surface area contributed by atoms with E-state index in [1.54, 1.807) is 12.1 Å². The summed E-state index contributed by atoms with van der Waals surface area (Å²) in [5, 5.41) is 8.99. The van der Waals surface area contributed by atoms with Gasteiger partial charge in [-0.3, -0.25) is 4.79 Å². The van der Waals surface area contributed by atoms with Gasteiger partial charge in [-0.2, -0.15) is 0 Å². The van der Waals surface area contributed by atoms with Crippen molar-refractivity contribution in [3.8, 4) is 11.4 Å². The minimum absolute atomic E-state index is 0.0779. The van der Waals surface area contributed by atoms with Crippen LogP contribution in [0.1, 0.15) is 28.7 Å². The van der Waals surface area contributed by atoms with E-state index in [4.69, 9.17) is 0 Å². The Bertz CT molecular complexity index is 943. The lowest BCUT2D eigenvalue weighted by atomic mass is 10.2. The first kappa shape index (κ1) is 18.4. The number of carbonyl (C=O) groups is 1. The Morgan fingerprint density at radius 1 is 1.19 bits per heavy atom. The molecule has 0 radical (unpaired) electrons. The number of halogens is 1. The molecule has 0 spiro atoms. The number of benzene rings is 1. The Morgan fingerprint density at radius 3 is 2.50 bits per heavy atom. The molecule has 0 N–H and O–H groups in total. The topological polar surface area (TPSA) is 52.7 Å². The van der Waals surface area contributed by atoms with E-state index in [1.165, 1.54) is 23.9 Å². The van der Waals surface area contributed by atoms with E-state index in [2.05, 4.69) is 21.7 Å². The van der Waals surface area contributed by atoms with E-state index in [0.29, 0.717) is 16.7 Å². The van der Waals surface area contributed by atoms with Gasteiger partial charge in [0.1, 0.15) is 5.82 Å². The number of thioether (sulfide) groups is 1. The molecule has 0 saturated carbocycles. The lowest BCUT2D eigenvalue weighted by Crippen LogP contribution is -2.06. The number of rotatable bonds is 6. The molecular weight excluding hydrogens is 351 g/mol. The predicted octanol–water partition coefficient (Wildman–Crippen LogP) is 4.03. The first-order chi connectivity index (χ1) is 12.4. The van der Waals surface area contributed by atoms with E-state index >= 15 is 0 Å². The number of hydrogen-bond acceptors (Lipinski definition) is 4. The number of Topliss-reactive ketones (excluding diaryl/α,β-unsaturated/α-hetero) is 1. The number of aromatic nitrogens is 4. The maximum atomic E-state index is 13.1. The van der Waals surface area contributed by atoms with E-state index in [1.807, 2.05) is 31.5 Å². The summed E-state index contributed by atoms with van der Waals surface area (Å²) >= 11 is 1.36. The van der Waals surface area contributed by atoms with Crippen LogP contribution in [-0.2, 0) is 13.6 Å². The first-order valence-electron chi connectivity index (χ1n) is 8.40. The molecule has 3 rings (SSSR count). The standard InChI is InChI=1S/C19H21FN4OS/c1-5-24-12(2)10-16(13(24)3)17(25)11-26-19-22-21-18(23(19)4)14-6-8-15(20)9-7-14/h6-10H,5,11H2,1-4H3. The van der Waals surface area contributed by atoms with Crippen LogP contribution in [0.4, 0.5) is 4.39 Å². The lowest BCUT2D eigenvalue weighted by Gasteiger charge is -2.06. The maximum Gasteiger partial charge on any atom is 0.191 e. The first-order valence-corrected chi connectivity index (χ1v) is 9.39. The molecule has 7 heteroatoms. The highest BCUT2D eigenvalue weighted by molar-refractivity contribution is 7.99. The summed E-state index contributed by atoms with van der Waals surface area (Å²) in [6, 6.07) is 8.06. The van der Waals surface area contributed by atoms with Gasteiger partial charge in [-0.1, -0.05) is 11.8 Å². The Labute approximate surface area is 156 Å². The van der Waals surface area contributed by atoms with E-state index in [9.17, 15) is 9.18 Å². The van der Waals surface area contributed by atoms with Crippen molar-refractivity contribution in [2.24, 2.45) is 7.05 Å². The van der Waals surface area contributed by atoms with Gasteiger partial charge in [0.2, 0.25) is 0 Å². The molecule has 0 saturated heterocycles. The van der Waals surface area contributed by atoms with Gasteiger partial charge in [0.25, 0.3) is 0 Å². The quantitative estimate of drug-likeness (QED) is 0.484. The van der Waals surface area contributed by atoms with Crippen LogP contribution >= 0.6 is 11.8 Å². The second-order valence-electron chi connectivity index (χ2n) is 6.11. The molecular formula is C19H21FN4OS. The van der Waals surface area contributed by atoms with Crippen molar-refractivity contribution in [2.45, 2.75) is 32.5 Å². The van der Waals surface area contributed by atoms with Crippen molar-refractivity contribution in [2.75, 3.05) is 5.75 Å². The minimum Gasteiger partial charge on any atom is -0.349 e. The predicted molar refractivity (Wildman–Crippen MR) is 101 cm³/mol. The van der Waals surface area contributed by atoms with Crippen LogP contribution < -0.4 is 0 Å². The minimum atomic E-state index is -0.291. The molecule has 26 heavy (non-hydrogen) atoms. The van der Waals surface area contributed by atoms with E-state index < -0.39 is 0 Å². The molecule has 0 bridgehead atoms. The summed E-state index contributed by atoms with van der Waals surface area (Å²) < 4.78 is 17.0. The van der Waals surface area contributed by atoms with Gasteiger partial charge in [-0.25, -0.2) is 4.39 Å². The normalized spacial score (nSPS) is 11.1. The average molecular weight is 372 g/mol. The Morgan fingerprint density at radius 2 is 1.88 bits per heavy atom. The average Bonchev–Trinajstić information content (AvgIpc) is 3.13. The Hall–Kier alpha value is -2.41. The molecule has 0 aliphatic carbocycles. The molecule has 0 aliphatic heterocycles. The highest BCUT2D eigenvalue weighted by atomic mass is 32.2. The van der Waals surface area contributed by atoms with Crippen LogP contribution in [0.5, 0.6) is 0 Å². The zero-order chi connectivity index (χ0) is 18.8. The van der Waals surface area contributed by atoms with Crippen molar-refractivity contribution in [3.63, 3.8) is 0 Å². The molecule has 136 valence electrons. The van der Waals surface area contributed by atoms with Gasteiger partial charge in [-0.15, -0.1) is 10.2 Å². The zero-order valence-corrected chi connectivity index (χ0v) is 16.1. The largest absolute Gasteiger partial charge is 0.349 e. The van der Waals surface area contributed by atoms with Crippen molar-refractivity contribution < 1.29 is 9.18 Å². The molecule has 0 aliphatic rings. The number of ketones is 1. The summed E-state index contributed by atoms with van der Waals surface area (Å²) in [5.41, 5.74) is 3.64. The lowest BCUT2D eigenvalue weighted by molar-refractivity contribution is 0.102. The maximum absolute atomic E-state index is 13.1. The Balaban J connectivity index is 1.74. The summed E-state index contributed by atoms with van der Waals surface area (Å²) in [6.45, 7) is 6.91. The molecule has 1 aromatic carbocycles. The molecule has 2 aromatic heterocycles. The van der Waals surface area contributed by atoms with Gasteiger partial charge in [0, 0.05) is 36.1 Å². The molecule has 0 fully saturated rings. The summed E-state index contributed by atoms with van der Waals surface area (Å²) in [4.78, 5) is 12.6. The smallest absolute Gasteiger partial charge is 0.191 e. The fraction of sp³-hybridized carbons (Fsp3) is 0.316. The molecule has 0 unspecified atom stereocenters. The van der Waals surface area contributed by atoms with Crippen molar-refractivity contribution in [1.82, 2.24) is 19.3 Å². The van der Waals surface area contributed by atoms with Crippen LogP contribution in [0.2, 0.25) is 0 Å². The fourth-order valence-electron chi connectivity index (χ4n) is 3.07. The molecule has 0 amide bonds. The summed E-state index contributed by atoms with van der Waals surface area (Å²) in [6.07, 6.45) is 0. The van der Waals surface area contributed by atoms with Gasteiger partial charge in [0.15, 0.2) is 16.8 Å². The van der Waals surface area contributed by atoms with E-state index in [0.717, 1.165) is 29.1 Å². The molecule has 2 heterocycles. The van der Waals surface area contributed by atoms with Gasteiger partial charge in [0.05, 0.1) is 5.75 Å². The molecule has 0 atom stereocenters. The monoisotopic (exact) mass is 372 g/mol. The molecule has 3 aromatic rings. The second-order valence-corrected chi connectivity index (χ2v) is 7.06. The van der Waals surface area contributed by atoms with Crippen molar-refractivity contribution in [1.29, 1.82) is 0 Å². The fourth-order valence-corrected chi connectivity index (χ4v) is 3.86. The van der Waals surface area contributed by atoms with Crippen molar-refractivity contribution >= 4 is 17.5 Å². The number of aryl methyl sites for hydroxylation is 1. The third-order valence-electron chi connectivity index (χ3n) is 4.46. The summed E-state index contributed by atoms with van der Waals surface area (Å²) in [7, 11) is 1.84. The van der Waals surface area contributed by atoms with Gasteiger partial charge in [-0.05, 0) is 51.1 Å². The SMILES string of the molecule is CCn1c(C)cc(C(=O)CSc2nnc(-c3ccc(F)cc3)n2C)c1C. The van der Waals surface area contributed by atoms with Crippen LogP contribution in [0.3, 0.4) is 0 Å². The van der Waals surface area contributed by atoms with Crippen LogP contribution in [-0.4, -0.2) is 30.9 Å². The third-order valence-corrected chi connectivity index (χ3v) is 5.48. The van der Waals surface area contributed by atoms with Gasteiger partial charge >= 0.3 is 0 Å². The Kier molecular flexibility index (Phi) is 5.27. The van der Waals surface area contributed by atoms with Crippen LogP contribution in [0, 0.1) is 19.7 Å². The number of carbonyl (C=O) groups excluding carboxylic acids is 1. The second kappa shape index (κ2) is 7.45. The van der Waals surface area contributed by atoms with Gasteiger partial charge < -0.3 is 9.13 Å². The van der Waals surface area contributed by atoms with Crippen molar-refractivity contribution in [3.05, 3.63) is 53.1 Å². The highest BCUT2D eigenvalue weighted by Crippen LogP contribution is 2.24.